The van der Waals surface area contributed by atoms with Crippen molar-refractivity contribution in [2.75, 3.05) is 0 Å². The molecule has 3 heteroatoms. The largest absolute Gasteiger partial charge is 0.289 e. The molecule has 152 valence electrons. The molecule has 0 fully saturated rings. The highest BCUT2D eigenvalue weighted by molar-refractivity contribution is 9.10. The average Bonchev–Trinajstić information content (AvgIpc) is 2.75. The van der Waals surface area contributed by atoms with Crippen molar-refractivity contribution in [2.24, 2.45) is 0 Å². The molecule has 0 spiro atoms. The predicted octanol–water partition coefficient (Wildman–Crippen LogP) is 8.15. The average molecular weight is 532 g/mol. The minimum Gasteiger partial charge on any atom is -0.289 e. The van der Waals surface area contributed by atoms with E-state index in [1.165, 1.54) is 5.56 Å². The third kappa shape index (κ3) is 3.50. The Morgan fingerprint density at radius 3 is 1.90 bits per heavy atom. The molecule has 0 amide bonds. The number of benzene rings is 3. The van der Waals surface area contributed by atoms with Crippen LogP contribution in [-0.4, -0.2) is 5.78 Å². The summed E-state index contributed by atoms with van der Waals surface area (Å²) in [7, 11) is 0. The Hall–Kier alpha value is -2.49. The summed E-state index contributed by atoms with van der Waals surface area (Å²) in [5.41, 5.74) is 8.00. The van der Waals surface area contributed by atoms with Crippen molar-refractivity contribution in [3.8, 4) is 11.1 Å². The van der Waals surface area contributed by atoms with Crippen molar-refractivity contribution < 1.29 is 4.79 Å². The number of carbonyl (C=O) groups is 1. The van der Waals surface area contributed by atoms with Crippen molar-refractivity contribution >= 4 is 49.3 Å². The van der Waals surface area contributed by atoms with Gasteiger partial charge in [-0.15, -0.1) is 0 Å². The van der Waals surface area contributed by atoms with E-state index in [0.29, 0.717) is 0 Å². The van der Waals surface area contributed by atoms with E-state index in [0.717, 1.165) is 47.9 Å². The molecule has 1 nitrogen and oxygen atoms in total. The summed E-state index contributed by atoms with van der Waals surface area (Å²) in [6.07, 6.45) is 6.17. The third-order valence-corrected chi connectivity index (χ3v) is 7.28. The maximum absolute atomic E-state index is 13.5. The Balaban J connectivity index is 1.62. The highest BCUT2D eigenvalue weighted by Crippen LogP contribution is 2.47. The minimum absolute atomic E-state index is 0.0904. The molecule has 0 aliphatic heterocycles. The van der Waals surface area contributed by atoms with Crippen molar-refractivity contribution in [2.45, 2.75) is 19.3 Å². The topological polar surface area (TPSA) is 17.1 Å². The van der Waals surface area contributed by atoms with Crippen LogP contribution in [0.3, 0.4) is 0 Å². The highest BCUT2D eigenvalue weighted by Gasteiger charge is 2.38. The number of Topliss-reactive ketones (excluding diaryl/α,β-unsaturated/α-hetero) is 1. The summed E-state index contributed by atoms with van der Waals surface area (Å²) in [6, 6.07) is 22.8. The first-order valence-electron chi connectivity index (χ1n) is 10.2. The zero-order valence-electron chi connectivity index (χ0n) is 17.2. The summed E-state index contributed by atoms with van der Waals surface area (Å²) in [6.45, 7) is 4.41. The molecule has 5 rings (SSSR count). The first-order valence-corrected chi connectivity index (χ1v) is 11.8. The van der Waals surface area contributed by atoms with Gasteiger partial charge in [0.2, 0.25) is 0 Å². The molecular formula is C28H20Br2O. The molecule has 0 saturated heterocycles. The van der Waals surface area contributed by atoms with Crippen molar-refractivity contribution in [1.29, 1.82) is 0 Å². The van der Waals surface area contributed by atoms with Crippen molar-refractivity contribution in [1.82, 2.24) is 0 Å². The normalized spacial score (nSPS) is 16.6. The molecular weight excluding hydrogens is 512 g/mol. The fourth-order valence-corrected chi connectivity index (χ4v) is 5.05. The van der Waals surface area contributed by atoms with Crippen LogP contribution in [-0.2, 0) is 10.2 Å². The molecule has 3 aromatic carbocycles. The zero-order chi connectivity index (χ0) is 21.8. The molecule has 0 unspecified atom stereocenters. The van der Waals surface area contributed by atoms with E-state index in [-0.39, 0.29) is 11.2 Å². The summed E-state index contributed by atoms with van der Waals surface area (Å²) in [4.78, 5) is 13.5. The molecule has 2 aliphatic rings. The fraction of sp³-hybridized carbons (Fsp3) is 0.107. The Kier molecular flexibility index (Phi) is 4.99. The maximum atomic E-state index is 13.5. The molecule has 0 saturated carbocycles. The van der Waals surface area contributed by atoms with Crippen LogP contribution in [0.5, 0.6) is 0 Å². The molecule has 2 aliphatic carbocycles. The predicted molar refractivity (Wildman–Crippen MR) is 136 cm³/mol. The van der Waals surface area contributed by atoms with E-state index in [4.69, 9.17) is 0 Å². The van der Waals surface area contributed by atoms with Crippen LogP contribution in [0.15, 0.2) is 99.0 Å². The molecule has 0 bridgehead atoms. The molecule has 0 N–H and O–H groups in total. The number of halogens is 2. The maximum Gasteiger partial charge on any atom is 0.193 e. The quantitative estimate of drug-likeness (QED) is 0.326. The van der Waals surface area contributed by atoms with Crippen molar-refractivity contribution in [3.05, 3.63) is 116 Å². The second kappa shape index (κ2) is 7.58. The second-order valence-corrected chi connectivity index (χ2v) is 10.3. The molecule has 0 radical (unpaired) electrons. The van der Waals surface area contributed by atoms with Crippen LogP contribution in [0, 0.1) is 0 Å². The summed E-state index contributed by atoms with van der Waals surface area (Å²) >= 11 is 6.98. The Labute approximate surface area is 199 Å². The van der Waals surface area contributed by atoms with Gasteiger partial charge in [-0.05, 0) is 69.8 Å². The van der Waals surface area contributed by atoms with Gasteiger partial charge in [-0.25, -0.2) is 0 Å². The molecule has 0 heterocycles. The van der Waals surface area contributed by atoms with Gasteiger partial charge < -0.3 is 0 Å². The Morgan fingerprint density at radius 1 is 0.677 bits per heavy atom. The first kappa shape index (κ1) is 20.4. The Bertz CT molecular complexity index is 1300. The number of hydrogen-bond acceptors (Lipinski definition) is 1. The zero-order valence-corrected chi connectivity index (χ0v) is 20.4. The SMILES string of the molecule is CC1(C)C2=CC=C(c3ccc(Br)cc3)C(=O)C2=Cc2cc(-c3ccc(Br)cc3)ccc21. The van der Waals surface area contributed by atoms with Crippen LogP contribution in [0.4, 0.5) is 0 Å². The summed E-state index contributed by atoms with van der Waals surface area (Å²) < 4.78 is 2.07. The van der Waals surface area contributed by atoms with Gasteiger partial charge >= 0.3 is 0 Å². The number of hydrogen-bond donors (Lipinski definition) is 0. The van der Waals surface area contributed by atoms with Gasteiger partial charge in [-0.1, -0.05) is 94.3 Å². The van der Waals surface area contributed by atoms with Crippen LogP contribution in [0.1, 0.15) is 30.5 Å². The van der Waals surface area contributed by atoms with Gasteiger partial charge in [-0.2, -0.15) is 0 Å². The van der Waals surface area contributed by atoms with Gasteiger partial charge in [-0.3, -0.25) is 4.79 Å². The lowest BCUT2D eigenvalue weighted by atomic mass is 9.66. The number of ketones is 1. The lowest BCUT2D eigenvalue weighted by Crippen LogP contribution is -2.30. The minimum atomic E-state index is -0.241. The number of fused-ring (bicyclic) bond motifs is 2. The number of carbonyl (C=O) groups excluding carboxylic acids is 1. The lowest BCUT2D eigenvalue weighted by Gasteiger charge is -2.37. The van der Waals surface area contributed by atoms with Gasteiger partial charge in [0.25, 0.3) is 0 Å². The number of rotatable bonds is 2. The van der Waals surface area contributed by atoms with Gasteiger partial charge in [0, 0.05) is 25.5 Å². The van der Waals surface area contributed by atoms with E-state index in [2.05, 4.69) is 100 Å². The van der Waals surface area contributed by atoms with Crippen LogP contribution in [0.2, 0.25) is 0 Å². The monoisotopic (exact) mass is 530 g/mol. The van der Waals surface area contributed by atoms with Gasteiger partial charge in [0.15, 0.2) is 5.78 Å². The van der Waals surface area contributed by atoms with Crippen LogP contribution >= 0.6 is 31.9 Å². The van der Waals surface area contributed by atoms with E-state index >= 15 is 0 Å². The summed E-state index contributed by atoms with van der Waals surface area (Å²) in [5.74, 6) is 0.0904. The second-order valence-electron chi connectivity index (χ2n) is 8.49. The van der Waals surface area contributed by atoms with Crippen LogP contribution in [0.25, 0.3) is 22.8 Å². The summed E-state index contributed by atoms with van der Waals surface area (Å²) in [5, 5.41) is 0. The smallest absolute Gasteiger partial charge is 0.193 e. The van der Waals surface area contributed by atoms with Gasteiger partial charge in [0.05, 0.1) is 0 Å². The fourth-order valence-electron chi connectivity index (χ4n) is 4.52. The van der Waals surface area contributed by atoms with E-state index in [1.54, 1.807) is 0 Å². The van der Waals surface area contributed by atoms with Gasteiger partial charge in [0.1, 0.15) is 0 Å². The molecule has 0 atom stereocenters. The number of allylic oxidation sites excluding steroid dienone is 5. The lowest BCUT2D eigenvalue weighted by molar-refractivity contribution is -0.110. The van der Waals surface area contributed by atoms with E-state index < -0.39 is 0 Å². The first-order chi connectivity index (χ1) is 14.8. The van der Waals surface area contributed by atoms with Crippen LogP contribution < -0.4 is 0 Å². The third-order valence-electron chi connectivity index (χ3n) is 6.23. The molecule has 0 aromatic heterocycles. The molecule has 3 aromatic rings. The standard InChI is InChI=1S/C28H20Br2O/c1-28(2)25-13-7-19(17-3-8-21(29)9-4-17)15-20(25)16-24-26(28)14-12-23(27(24)31)18-5-10-22(30)11-6-18/h3-16H,1-2H3. The van der Waals surface area contributed by atoms with E-state index in [1.807, 2.05) is 30.3 Å². The molecule has 31 heavy (non-hydrogen) atoms. The Morgan fingerprint density at radius 2 is 1.26 bits per heavy atom. The van der Waals surface area contributed by atoms with E-state index in [9.17, 15) is 4.79 Å². The highest BCUT2D eigenvalue weighted by atomic mass is 79.9. The van der Waals surface area contributed by atoms with Crippen molar-refractivity contribution in [3.63, 3.8) is 0 Å².